The number of quaternary nitrogens is 1. The molecule has 2 aromatic carbocycles. The number of rotatable bonds is 8. The summed E-state index contributed by atoms with van der Waals surface area (Å²) in [6.07, 6.45) is 0.958. The van der Waals surface area contributed by atoms with Gasteiger partial charge in [0.1, 0.15) is 12.1 Å². The zero-order chi connectivity index (χ0) is 23.6. The van der Waals surface area contributed by atoms with Crippen molar-refractivity contribution in [3.63, 3.8) is 0 Å². The zero-order valence-corrected chi connectivity index (χ0v) is 18.0. The number of nitrogens with one attached hydrogen (secondary N) is 1. The van der Waals surface area contributed by atoms with Gasteiger partial charge >= 0.3 is 17.1 Å². The van der Waals surface area contributed by atoms with Crippen LogP contribution in [0.2, 0.25) is 0 Å². The fourth-order valence-corrected chi connectivity index (χ4v) is 3.76. The fraction of sp³-hybridized carbons (Fsp3) is 0.400. The Labute approximate surface area is 178 Å². The van der Waals surface area contributed by atoms with Crippen LogP contribution in [0.1, 0.15) is 46.6 Å². The minimum atomic E-state index is -0.907. The van der Waals surface area contributed by atoms with Crippen molar-refractivity contribution in [2.24, 2.45) is 5.41 Å². The Bertz CT molecular complexity index is 977. The fourth-order valence-electron chi connectivity index (χ4n) is 3.76. The first-order valence-electron chi connectivity index (χ1n) is 9.53. The molecule has 0 saturated heterocycles. The lowest BCUT2D eigenvalue weighted by atomic mass is 9.72. The van der Waals surface area contributed by atoms with Crippen LogP contribution >= 0.6 is 0 Å². The van der Waals surface area contributed by atoms with Gasteiger partial charge in [-0.15, -0.1) is 0 Å². The first-order chi connectivity index (χ1) is 14.2. The molecule has 31 heavy (non-hydrogen) atoms. The van der Waals surface area contributed by atoms with Crippen molar-refractivity contribution in [2.45, 2.75) is 46.5 Å². The maximum absolute atomic E-state index is 11.4. The lowest BCUT2D eigenvalue weighted by Crippen LogP contribution is -2.83. The molecule has 11 heteroatoms. The molecule has 0 fully saturated rings. The molecule has 0 atom stereocenters. The van der Waals surface area contributed by atoms with E-state index in [2.05, 4.69) is 40.0 Å². The Morgan fingerprint density at radius 2 is 1.32 bits per heavy atom. The van der Waals surface area contributed by atoms with Gasteiger partial charge < -0.3 is 0 Å². The molecular formula is C20H26N5O6+. The number of nitrogen functional groups attached to an aromatic ring is 1. The topological polar surface area (TPSA) is 158 Å². The second-order valence-corrected chi connectivity index (χ2v) is 9.16. The standard InChI is InChI=1S/C20H25N5O6/c1-19(2,3)12-20(4,5)13-6-8-14(9-7-13)21-22-18-16(24(28)29)10-15(23(26)27)11-17(18)25(30)31/h6-11,21-22H,12H2,1-5H3/p+1. The smallest absolute Gasteiger partial charge is 0.258 e. The molecule has 0 radical (unpaired) electrons. The normalized spacial score (nSPS) is 11.8. The number of nitrogens with zero attached hydrogens (tertiary/aromatic N) is 3. The lowest BCUT2D eigenvalue weighted by Gasteiger charge is -2.33. The molecule has 0 aliphatic rings. The van der Waals surface area contributed by atoms with Crippen LogP contribution in [0.3, 0.4) is 0 Å². The van der Waals surface area contributed by atoms with Gasteiger partial charge in [-0.1, -0.05) is 46.8 Å². The highest BCUT2D eigenvalue weighted by Crippen LogP contribution is 2.37. The molecule has 0 bridgehead atoms. The Hall–Kier alpha value is -3.60. The highest BCUT2D eigenvalue weighted by molar-refractivity contribution is 5.70. The Morgan fingerprint density at radius 1 is 0.839 bits per heavy atom. The van der Waals surface area contributed by atoms with E-state index < -0.39 is 31.8 Å². The quantitative estimate of drug-likeness (QED) is 0.271. The maximum atomic E-state index is 11.4. The van der Waals surface area contributed by atoms with E-state index in [9.17, 15) is 30.3 Å². The molecule has 0 unspecified atom stereocenters. The van der Waals surface area contributed by atoms with Crippen molar-refractivity contribution in [3.05, 3.63) is 72.3 Å². The number of benzene rings is 2. The predicted molar refractivity (Wildman–Crippen MR) is 115 cm³/mol. The van der Waals surface area contributed by atoms with Gasteiger partial charge in [-0.25, -0.2) is 10.9 Å². The van der Waals surface area contributed by atoms with E-state index in [1.165, 1.54) is 0 Å². The van der Waals surface area contributed by atoms with Gasteiger partial charge in [-0.3, -0.25) is 30.3 Å². The van der Waals surface area contributed by atoms with Gasteiger partial charge in [-0.05, 0) is 34.9 Å². The first kappa shape index (κ1) is 23.7. The number of hydrogen-bond donors (Lipinski definition) is 2. The SMILES string of the molecule is CC(C)(C)CC(C)(C)c1ccc(N[NH2+]c2c([N+](=O)[O-])cc([N+](=O)[O-])cc2[N+](=O)[O-])cc1. The van der Waals surface area contributed by atoms with Crippen molar-refractivity contribution < 1.29 is 20.2 Å². The average molecular weight is 432 g/mol. The summed E-state index contributed by atoms with van der Waals surface area (Å²) < 4.78 is 0. The number of nitro benzene ring substituents is 3. The molecule has 0 saturated carbocycles. The van der Waals surface area contributed by atoms with Crippen molar-refractivity contribution in [2.75, 3.05) is 5.43 Å². The third-order valence-corrected chi connectivity index (χ3v) is 4.75. The number of hydrogen-bond acceptors (Lipinski definition) is 7. The third-order valence-electron chi connectivity index (χ3n) is 4.75. The molecule has 0 aliphatic carbocycles. The summed E-state index contributed by atoms with van der Waals surface area (Å²) in [5, 5.41) is 33.7. The molecule has 2 aromatic rings. The largest absolute Gasteiger partial charge is 0.345 e. The second kappa shape index (κ2) is 8.64. The van der Waals surface area contributed by atoms with Gasteiger partial charge in [0.05, 0.1) is 20.5 Å². The van der Waals surface area contributed by atoms with E-state index in [1.807, 2.05) is 12.1 Å². The van der Waals surface area contributed by atoms with Crippen LogP contribution in [-0.4, -0.2) is 14.8 Å². The summed E-state index contributed by atoms with van der Waals surface area (Å²) in [6, 6.07) is 8.83. The minimum Gasteiger partial charge on any atom is -0.258 e. The van der Waals surface area contributed by atoms with Crippen LogP contribution in [0.15, 0.2) is 36.4 Å². The molecule has 166 valence electrons. The molecule has 3 N–H and O–H groups in total. The highest BCUT2D eigenvalue weighted by Gasteiger charge is 2.34. The van der Waals surface area contributed by atoms with Crippen molar-refractivity contribution in [1.82, 2.24) is 0 Å². The maximum Gasteiger partial charge on any atom is 0.345 e. The Kier molecular flexibility index (Phi) is 6.60. The van der Waals surface area contributed by atoms with Gasteiger partial charge in [0.25, 0.3) is 5.69 Å². The first-order valence-corrected chi connectivity index (χ1v) is 9.53. The van der Waals surface area contributed by atoms with Crippen molar-refractivity contribution in [3.8, 4) is 0 Å². The second-order valence-electron chi connectivity index (χ2n) is 9.16. The average Bonchev–Trinajstić information content (AvgIpc) is 2.63. The van der Waals surface area contributed by atoms with Gasteiger partial charge in [0.2, 0.25) is 0 Å². The van der Waals surface area contributed by atoms with Crippen LogP contribution in [0, 0.1) is 35.8 Å². The monoisotopic (exact) mass is 432 g/mol. The van der Waals surface area contributed by atoms with Crippen LogP contribution < -0.4 is 10.9 Å². The molecule has 0 aliphatic heterocycles. The molecule has 2 rings (SSSR count). The van der Waals surface area contributed by atoms with E-state index >= 15 is 0 Å². The molecule has 0 aromatic heterocycles. The van der Waals surface area contributed by atoms with E-state index in [1.54, 1.807) is 12.1 Å². The summed E-state index contributed by atoms with van der Waals surface area (Å²) in [5.74, 6) is 0. The summed E-state index contributed by atoms with van der Waals surface area (Å²) in [7, 11) is 0. The molecule has 0 spiro atoms. The molecule has 0 amide bonds. The van der Waals surface area contributed by atoms with E-state index in [0.717, 1.165) is 17.4 Å². The summed E-state index contributed by atoms with van der Waals surface area (Å²) >= 11 is 0. The van der Waals surface area contributed by atoms with Crippen LogP contribution in [-0.2, 0) is 5.41 Å². The Morgan fingerprint density at radius 3 is 1.71 bits per heavy atom. The minimum absolute atomic E-state index is 0.0730. The highest BCUT2D eigenvalue weighted by atomic mass is 16.6. The number of nitro groups is 3. The van der Waals surface area contributed by atoms with Crippen LogP contribution in [0.5, 0.6) is 0 Å². The molecule has 0 heterocycles. The summed E-state index contributed by atoms with van der Waals surface area (Å²) in [4.78, 5) is 31.0. The number of anilines is 1. The van der Waals surface area contributed by atoms with E-state index in [4.69, 9.17) is 0 Å². The molecule has 11 nitrogen and oxygen atoms in total. The van der Waals surface area contributed by atoms with E-state index in [-0.39, 0.29) is 16.5 Å². The van der Waals surface area contributed by atoms with E-state index in [0.29, 0.717) is 17.8 Å². The van der Waals surface area contributed by atoms with Gasteiger partial charge in [-0.2, -0.15) is 0 Å². The number of nitrogens with two attached hydrogens (primary N) is 1. The Balaban J connectivity index is 2.31. The lowest BCUT2D eigenvalue weighted by molar-refractivity contribution is -0.552. The predicted octanol–water partition coefficient (Wildman–Crippen LogP) is 4.35. The third kappa shape index (κ3) is 5.95. The van der Waals surface area contributed by atoms with Crippen molar-refractivity contribution in [1.29, 1.82) is 0 Å². The van der Waals surface area contributed by atoms with Crippen LogP contribution in [0.25, 0.3) is 0 Å². The molecular weight excluding hydrogens is 406 g/mol. The van der Waals surface area contributed by atoms with Gasteiger partial charge in [0, 0.05) is 0 Å². The number of non-ortho nitro benzene ring substituents is 1. The van der Waals surface area contributed by atoms with Crippen molar-refractivity contribution >= 4 is 28.4 Å². The van der Waals surface area contributed by atoms with Crippen LogP contribution in [0.4, 0.5) is 28.4 Å². The summed E-state index contributed by atoms with van der Waals surface area (Å²) in [6.45, 7) is 10.8. The summed E-state index contributed by atoms with van der Waals surface area (Å²) in [5.41, 5.74) is 3.17. The zero-order valence-electron chi connectivity index (χ0n) is 18.0. The van der Waals surface area contributed by atoms with Gasteiger partial charge in [0.15, 0.2) is 0 Å².